The van der Waals surface area contributed by atoms with Gasteiger partial charge < -0.3 is 20.7 Å². The number of pyridine rings is 3. The van der Waals surface area contributed by atoms with E-state index in [0.29, 0.717) is 23.2 Å². The molecule has 2 saturated heterocycles. The number of nitrogens with zero attached hydrogens (tertiary/aromatic N) is 4. The highest BCUT2D eigenvalue weighted by Gasteiger charge is 2.25. The van der Waals surface area contributed by atoms with Gasteiger partial charge in [0.25, 0.3) is 5.91 Å². The number of rotatable bonds is 4. The first kappa shape index (κ1) is 21.7. The third-order valence-corrected chi connectivity index (χ3v) is 6.56. The van der Waals surface area contributed by atoms with E-state index in [1.54, 1.807) is 18.5 Å². The van der Waals surface area contributed by atoms with Crippen molar-refractivity contribution in [1.29, 1.82) is 0 Å². The van der Waals surface area contributed by atoms with Gasteiger partial charge in [0, 0.05) is 44.7 Å². The predicted molar refractivity (Wildman–Crippen MR) is 128 cm³/mol. The van der Waals surface area contributed by atoms with Crippen LogP contribution in [0.1, 0.15) is 48.2 Å². The van der Waals surface area contributed by atoms with Crippen molar-refractivity contribution < 1.29 is 9.53 Å². The molecule has 3 N–H and O–H groups in total. The van der Waals surface area contributed by atoms with E-state index in [-0.39, 0.29) is 11.9 Å². The Morgan fingerprint density at radius 3 is 2.82 bits per heavy atom. The van der Waals surface area contributed by atoms with E-state index in [4.69, 9.17) is 10.5 Å². The number of nitrogens with two attached hydrogens (primary N) is 1. The summed E-state index contributed by atoms with van der Waals surface area (Å²) in [4.78, 5) is 28.8. The number of anilines is 2. The highest BCUT2D eigenvalue weighted by molar-refractivity contribution is 6.05. The van der Waals surface area contributed by atoms with E-state index in [0.717, 1.165) is 67.8 Å². The number of carbonyl (C=O) groups excluding carboxylic acids is 1. The molecule has 0 unspecified atom stereocenters. The molecule has 0 aliphatic carbocycles. The molecule has 8 nitrogen and oxygen atoms in total. The minimum atomic E-state index is -0.267. The fourth-order valence-electron chi connectivity index (χ4n) is 4.94. The van der Waals surface area contributed by atoms with Gasteiger partial charge in [-0.1, -0.05) is 6.92 Å². The Hall–Kier alpha value is -3.10. The van der Waals surface area contributed by atoms with Crippen LogP contribution in [0.5, 0.6) is 0 Å². The van der Waals surface area contributed by atoms with E-state index in [2.05, 4.69) is 38.2 Å². The van der Waals surface area contributed by atoms with Crippen LogP contribution < -0.4 is 16.0 Å². The monoisotopic (exact) mass is 446 g/mol. The number of nitrogens with one attached hydrogen (secondary N) is 1. The highest BCUT2D eigenvalue weighted by Crippen LogP contribution is 2.30. The maximum atomic E-state index is 13.1. The summed E-state index contributed by atoms with van der Waals surface area (Å²) in [6, 6.07) is 7.66. The van der Waals surface area contributed by atoms with Crippen molar-refractivity contribution in [3.8, 4) is 0 Å². The number of hydrogen-bond acceptors (Lipinski definition) is 7. The van der Waals surface area contributed by atoms with Crippen LogP contribution >= 0.6 is 0 Å². The maximum Gasteiger partial charge on any atom is 0.274 e. The van der Waals surface area contributed by atoms with Crippen LogP contribution in [-0.2, 0) is 4.74 Å². The van der Waals surface area contributed by atoms with Crippen molar-refractivity contribution >= 4 is 28.3 Å². The smallest absolute Gasteiger partial charge is 0.274 e. The molecular formula is C25H30N6O2. The van der Waals surface area contributed by atoms with Gasteiger partial charge in [-0.2, -0.15) is 0 Å². The van der Waals surface area contributed by atoms with Gasteiger partial charge in [0.1, 0.15) is 5.69 Å². The summed E-state index contributed by atoms with van der Waals surface area (Å²) in [6.07, 6.45) is 8.32. The summed E-state index contributed by atoms with van der Waals surface area (Å²) in [5.74, 6) is 0.646. The van der Waals surface area contributed by atoms with Crippen molar-refractivity contribution in [2.75, 3.05) is 36.5 Å². The van der Waals surface area contributed by atoms with Gasteiger partial charge in [-0.25, -0.2) is 4.98 Å². The fraction of sp³-hybridized carbons (Fsp3) is 0.440. The van der Waals surface area contributed by atoms with E-state index in [1.807, 2.05) is 18.3 Å². The Labute approximate surface area is 193 Å². The lowest BCUT2D eigenvalue weighted by Crippen LogP contribution is -2.46. The Bertz CT molecular complexity index is 1140. The van der Waals surface area contributed by atoms with Crippen molar-refractivity contribution in [2.24, 2.45) is 11.7 Å². The number of amides is 1. The lowest BCUT2D eigenvalue weighted by atomic mass is 9.93. The van der Waals surface area contributed by atoms with Crippen LogP contribution in [-0.4, -0.2) is 53.2 Å². The number of fused-ring (bicyclic) bond motifs is 1. The van der Waals surface area contributed by atoms with Crippen molar-refractivity contribution in [1.82, 2.24) is 15.0 Å². The molecule has 3 aromatic rings. The zero-order valence-electron chi connectivity index (χ0n) is 18.9. The highest BCUT2D eigenvalue weighted by atomic mass is 16.5. The molecule has 33 heavy (non-hydrogen) atoms. The molecule has 5 rings (SSSR count). The fourth-order valence-corrected chi connectivity index (χ4v) is 4.94. The molecule has 8 heteroatoms. The molecule has 0 saturated carbocycles. The topological polar surface area (TPSA) is 106 Å². The van der Waals surface area contributed by atoms with Gasteiger partial charge in [-0.15, -0.1) is 0 Å². The third kappa shape index (κ3) is 4.82. The number of piperidine rings is 1. The molecule has 2 aliphatic rings. The SMILES string of the molecule is C[C@@H]1C[C@H](N)CN(c2ccncc2NC(=O)c2ccc3ncc(C4CCOCC4)cc3n2)C1. The zero-order chi connectivity index (χ0) is 22.8. The lowest BCUT2D eigenvalue weighted by molar-refractivity contribution is 0.0853. The van der Waals surface area contributed by atoms with Gasteiger partial charge >= 0.3 is 0 Å². The van der Waals surface area contributed by atoms with E-state index < -0.39 is 0 Å². The van der Waals surface area contributed by atoms with Gasteiger partial charge in [0.15, 0.2) is 0 Å². The summed E-state index contributed by atoms with van der Waals surface area (Å²) in [7, 11) is 0. The number of aromatic nitrogens is 3. The van der Waals surface area contributed by atoms with Crippen LogP contribution in [0, 0.1) is 5.92 Å². The molecule has 2 atom stereocenters. The second-order valence-corrected chi connectivity index (χ2v) is 9.24. The molecule has 1 amide bonds. The van der Waals surface area contributed by atoms with Crippen LogP contribution in [0.4, 0.5) is 11.4 Å². The van der Waals surface area contributed by atoms with Gasteiger partial charge in [0.05, 0.1) is 28.6 Å². The second-order valence-electron chi connectivity index (χ2n) is 9.24. The van der Waals surface area contributed by atoms with Gasteiger partial charge in [-0.05, 0) is 60.9 Å². The normalized spacial score (nSPS) is 21.8. The Morgan fingerprint density at radius 2 is 2.00 bits per heavy atom. The Balaban J connectivity index is 1.38. The van der Waals surface area contributed by atoms with Crippen LogP contribution in [0.2, 0.25) is 0 Å². The number of carbonyl (C=O) groups is 1. The molecule has 172 valence electrons. The van der Waals surface area contributed by atoms with Crippen LogP contribution in [0.25, 0.3) is 11.0 Å². The summed E-state index contributed by atoms with van der Waals surface area (Å²) in [5.41, 5.74) is 10.9. The molecule has 0 radical (unpaired) electrons. The average molecular weight is 447 g/mol. The standard InChI is InChI=1S/C25H30N6O2/c1-16-10-19(26)15-31(14-16)24-4-7-27-13-23(24)30-25(32)21-3-2-20-22(29-21)11-18(12-28-20)17-5-8-33-9-6-17/h2-4,7,11-13,16-17,19H,5-6,8-10,14-15,26H2,1H3,(H,30,32)/t16-,19+/m1/s1. The summed E-state index contributed by atoms with van der Waals surface area (Å²) < 4.78 is 5.48. The van der Waals surface area contributed by atoms with Crippen molar-refractivity contribution in [2.45, 2.75) is 38.1 Å². The number of hydrogen-bond donors (Lipinski definition) is 2. The Morgan fingerprint density at radius 1 is 1.15 bits per heavy atom. The van der Waals surface area contributed by atoms with Crippen LogP contribution in [0.15, 0.2) is 42.9 Å². The van der Waals surface area contributed by atoms with Gasteiger partial charge in [-0.3, -0.25) is 14.8 Å². The van der Waals surface area contributed by atoms with Crippen molar-refractivity contribution in [3.05, 3.63) is 54.1 Å². The first-order valence-corrected chi connectivity index (χ1v) is 11.7. The largest absolute Gasteiger partial charge is 0.381 e. The van der Waals surface area contributed by atoms with E-state index in [1.165, 1.54) is 0 Å². The molecule has 2 aliphatic heterocycles. The molecule has 0 aromatic carbocycles. The zero-order valence-corrected chi connectivity index (χ0v) is 18.9. The second kappa shape index (κ2) is 9.41. The third-order valence-electron chi connectivity index (χ3n) is 6.56. The Kier molecular flexibility index (Phi) is 6.20. The minimum Gasteiger partial charge on any atom is -0.381 e. The average Bonchev–Trinajstić information content (AvgIpc) is 2.83. The predicted octanol–water partition coefficient (Wildman–Crippen LogP) is 3.34. The lowest BCUT2D eigenvalue weighted by Gasteiger charge is -2.37. The van der Waals surface area contributed by atoms with E-state index >= 15 is 0 Å². The molecule has 2 fully saturated rings. The van der Waals surface area contributed by atoms with Crippen molar-refractivity contribution in [3.63, 3.8) is 0 Å². The number of ether oxygens (including phenoxy) is 1. The van der Waals surface area contributed by atoms with Gasteiger partial charge in [0.2, 0.25) is 0 Å². The first-order chi connectivity index (χ1) is 16.1. The molecule has 0 spiro atoms. The quantitative estimate of drug-likeness (QED) is 0.633. The van der Waals surface area contributed by atoms with Crippen LogP contribution in [0.3, 0.4) is 0 Å². The summed E-state index contributed by atoms with van der Waals surface area (Å²) >= 11 is 0. The molecule has 3 aromatic heterocycles. The summed E-state index contributed by atoms with van der Waals surface area (Å²) in [6.45, 7) is 5.40. The maximum absolute atomic E-state index is 13.1. The molecule has 5 heterocycles. The minimum absolute atomic E-state index is 0.116. The molecule has 0 bridgehead atoms. The summed E-state index contributed by atoms with van der Waals surface area (Å²) in [5, 5.41) is 3.01. The van der Waals surface area contributed by atoms with E-state index in [9.17, 15) is 4.79 Å². The molecular weight excluding hydrogens is 416 g/mol. The first-order valence-electron chi connectivity index (χ1n) is 11.7.